The molecule has 0 aromatic heterocycles. The highest BCUT2D eigenvalue weighted by Crippen LogP contribution is 2.16. The van der Waals surface area contributed by atoms with Gasteiger partial charge in [0.2, 0.25) is 5.91 Å². The van der Waals surface area contributed by atoms with E-state index in [4.69, 9.17) is 4.74 Å². The maximum Gasteiger partial charge on any atom is 0.338 e. The predicted octanol–water partition coefficient (Wildman–Crippen LogP) is 3.46. The van der Waals surface area contributed by atoms with Crippen molar-refractivity contribution in [3.63, 3.8) is 0 Å². The first-order valence-corrected chi connectivity index (χ1v) is 8.91. The number of piperidine rings is 1. The van der Waals surface area contributed by atoms with Crippen LogP contribution in [0.4, 0.5) is 5.69 Å². The molecule has 1 saturated heterocycles. The highest BCUT2D eigenvalue weighted by atomic mass is 16.5. The summed E-state index contributed by atoms with van der Waals surface area (Å²) in [7, 11) is 0. The third kappa shape index (κ3) is 5.64. The SMILES string of the molecule is CCCOC(=O)c1ccc(NC(=O)CC(C)N2CCCCC2)cc1. The molecule has 1 aliphatic rings. The number of esters is 1. The molecule has 1 N–H and O–H groups in total. The molecule has 1 amide bonds. The van der Waals surface area contributed by atoms with E-state index in [1.165, 1.54) is 19.3 Å². The molecule has 5 nitrogen and oxygen atoms in total. The fourth-order valence-corrected chi connectivity index (χ4v) is 2.94. The molecule has 1 atom stereocenters. The van der Waals surface area contributed by atoms with Gasteiger partial charge in [-0.05, 0) is 63.5 Å². The van der Waals surface area contributed by atoms with Gasteiger partial charge in [-0.2, -0.15) is 0 Å². The zero-order valence-electron chi connectivity index (χ0n) is 14.7. The smallest absolute Gasteiger partial charge is 0.338 e. The monoisotopic (exact) mass is 332 g/mol. The minimum absolute atomic E-state index is 0.00869. The van der Waals surface area contributed by atoms with Gasteiger partial charge in [-0.1, -0.05) is 13.3 Å². The summed E-state index contributed by atoms with van der Waals surface area (Å²) in [5, 5.41) is 2.90. The van der Waals surface area contributed by atoms with Crippen LogP contribution in [0.3, 0.4) is 0 Å². The molecule has 1 fully saturated rings. The first-order valence-electron chi connectivity index (χ1n) is 8.91. The maximum absolute atomic E-state index is 12.2. The largest absolute Gasteiger partial charge is 0.462 e. The molecule has 132 valence electrons. The van der Waals surface area contributed by atoms with Crippen molar-refractivity contribution < 1.29 is 14.3 Å². The first kappa shape index (κ1) is 18.5. The number of rotatable bonds is 7. The molecule has 1 aromatic carbocycles. The molecule has 1 unspecified atom stereocenters. The lowest BCUT2D eigenvalue weighted by Crippen LogP contribution is -2.39. The number of benzene rings is 1. The number of likely N-dealkylation sites (tertiary alicyclic amines) is 1. The van der Waals surface area contributed by atoms with Crippen molar-refractivity contribution >= 4 is 17.6 Å². The molecule has 1 aromatic rings. The number of nitrogens with zero attached hydrogens (tertiary/aromatic N) is 1. The van der Waals surface area contributed by atoms with Gasteiger partial charge in [0.05, 0.1) is 12.2 Å². The summed E-state index contributed by atoms with van der Waals surface area (Å²) in [6.07, 6.45) is 5.03. The minimum atomic E-state index is -0.326. The average Bonchev–Trinajstić information content (AvgIpc) is 2.61. The van der Waals surface area contributed by atoms with Gasteiger partial charge in [0.15, 0.2) is 0 Å². The van der Waals surface area contributed by atoms with E-state index < -0.39 is 0 Å². The molecule has 1 heterocycles. The van der Waals surface area contributed by atoms with Crippen LogP contribution < -0.4 is 5.32 Å². The number of ether oxygens (including phenoxy) is 1. The summed E-state index contributed by atoms with van der Waals surface area (Å²) in [6, 6.07) is 7.11. The lowest BCUT2D eigenvalue weighted by Gasteiger charge is -2.31. The topological polar surface area (TPSA) is 58.6 Å². The van der Waals surface area contributed by atoms with E-state index in [0.29, 0.717) is 24.3 Å². The molecule has 0 radical (unpaired) electrons. The second kappa shape index (κ2) is 9.42. The van der Waals surface area contributed by atoms with Gasteiger partial charge in [0.25, 0.3) is 0 Å². The van der Waals surface area contributed by atoms with Crippen LogP contribution >= 0.6 is 0 Å². The summed E-state index contributed by atoms with van der Waals surface area (Å²) in [5.74, 6) is -0.317. The molecule has 1 aliphatic heterocycles. The minimum Gasteiger partial charge on any atom is -0.462 e. The lowest BCUT2D eigenvalue weighted by molar-refractivity contribution is -0.117. The molecule has 5 heteroatoms. The standard InChI is InChI=1S/C19H28N2O3/c1-3-13-24-19(23)16-7-9-17(10-8-16)20-18(22)14-15(2)21-11-5-4-6-12-21/h7-10,15H,3-6,11-14H2,1-2H3,(H,20,22). The molecule has 0 bridgehead atoms. The second-order valence-corrected chi connectivity index (χ2v) is 6.41. The van der Waals surface area contributed by atoms with Crippen LogP contribution in [0, 0.1) is 0 Å². The molecular formula is C19H28N2O3. The zero-order valence-corrected chi connectivity index (χ0v) is 14.7. The van der Waals surface area contributed by atoms with Gasteiger partial charge in [-0.25, -0.2) is 4.79 Å². The van der Waals surface area contributed by atoms with E-state index in [0.717, 1.165) is 19.5 Å². The van der Waals surface area contributed by atoms with Gasteiger partial charge < -0.3 is 15.0 Å². The zero-order chi connectivity index (χ0) is 17.4. The summed E-state index contributed by atoms with van der Waals surface area (Å²) < 4.78 is 5.09. The lowest BCUT2D eigenvalue weighted by atomic mass is 10.1. The van der Waals surface area contributed by atoms with Crippen molar-refractivity contribution in [3.05, 3.63) is 29.8 Å². The normalized spacial score (nSPS) is 16.4. The van der Waals surface area contributed by atoms with E-state index in [1.54, 1.807) is 24.3 Å². The van der Waals surface area contributed by atoms with Crippen molar-refractivity contribution in [3.8, 4) is 0 Å². The highest BCUT2D eigenvalue weighted by molar-refractivity contribution is 5.93. The van der Waals surface area contributed by atoms with Crippen molar-refractivity contribution in [2.24, 2.45) is 0 Å². The van der Waals surface area contributed by atoms with Crippen molar-refractivity contribution in [2.75, 3.05) is 25.0 Å². The van der Waals surface area contributed by atoms with Crippen LogP contribution in [0.15, 0.2) is 24.3 Å². The molecule has 0 spiro atoms. The van der Waals surface area contributed by atoms with Crippen molar-refractivity contribution in [1.82, 2.24) is 4.90 Å². The van der Waals surface area contributed by atoms with Gasteiger partial charge in [0.1, 0.15) is 0 Å². The molecule has 24 heavy (non-hydrogen) atoms. The Hall–Kier alpha value is -1.88. The molecular weight excluding hydrogens is 304 g/mol. The van der Waals surface area contributed by atoms with Crippen LogP contribution in [0.2, 0.25) is 0 Å². The number of carbonyl (C=O) groups excluding carboxylic acids is 2. The van der Waals surface area contributed by atoms with Crippen LogP contribution in [0.1, 0.15) is 56.3 Å². The Morgan fingerprint density at radius 1 is 1.17 bits per heavy atom. The summed E-state index contributed by atoms with van der Waals surface area (Å²) in [5.41, 5.74) is 1.21. The van der Waals surface area contributed by atoms with Gasteiger partial charge >= 0.3 is 5.97 Å². The number of amides is 1. The maximum atomic E-state index is 12.2. The van der Waals surface area contributed by atoms with E-state index >= 15 is 0 Å². The number of hydrogen-bond donors (Lipinski definition) is 1. The summed E-state index contributed by atoms with van der Waals surface area (Å²) in [6.45, 7) is 6.66. The third-order valence-electron chi connectivity index (χ3n) is 4.34. The number of hydrogen-bond acceptors (Lipinski definition) is 4. The number of anilines is 1. The van der Waals surface area contributed by atoms with E-state index in [1.807, 2.05) is 6.92 Å². The molecule has 0 aliphatic carbocycles. The van der Waals surface area contributed by atoms with Crippen LogP contribution in [-0.2, 0) is 9.53 Å². The number of carbonyl (C=O) groups is 2. The van der Waals surface area contributed by atoms with Crippen LogP contribution in [0.5, 0.6) is 0 Å². The van der Waals surface area contributed by atoms with E-state index in [2.05, 4.69) is 17.1 Å². The van der Waals surface area contributed by atoms with Crippen molar-refractivity contribution in [1.29, 1.82) is 0 Å². The quantitative estimate of drug-likeness (QED) is 0.777. The predicted molar refractivity (Wildman–Crippen MR) is 95.1 cm³/mol. The third-order valence-corrected chi connectivity index (χ3v) is 4.34. The Labute approximate surface area is 144 Å². The highest BCUT2D eigenvalue weighted by Gasteiger charge is 2.19. The second-order valence-electron chi connectivity index (χ2n) is 6.41. The first-order chi connectivity index (χ1) is 11.6. The Kier molecular flexibility index (Phi) is 7.25. The molecule has 0 saturated carbocycles. The van der Waals surface area contributed by atoms with Gasteiger partial charge in [-0.15, -0.1) is 0 Å². The Morgan fingerprint density at radius 3 is 2.46 bits per heavy atom. The Morgan fingerprint density at radius 2 is 1.83 bits per heavy atom. The Balaban J connectivity index is 1.81. The Bertz CT molecular complexity index is 536. The summed E-state index contributed by atoms with van der Waals surface area (Å²) in [4.78, 5) is 26.3. The fourth-order valence-electron chi connectivity index (χ4n) is 2.94. The van der Waals surface area contributed by atoms with E-state index in [-0.39, 0.29) is 17.9 Å². The fraction of sp³-hybridized carbons (Fsp3) is 0.579. The van der Waals surface area contributed by atoms with Crippen LogP contribution in [-0.4, -0.2) is 42.5 Å². The average molecular weight is 332 g/mol. The van der Waals surface area contributed by atoms with Crippen molar-refractivity contribution in [2.45, 2.75) is 52.0 Å². The van der Waals surface area contributed by atoms with Gasteiger partial charge in [0, 0.05) is 18.2 Å². The van der Waals surface area contributed by atoms with E-state index in [9.17, 15) is 9.59 Å². The van der Waals surface area contributed by atoms with Gasteiger partial charge in [-0.3, -0.25) is 4.79 Å². The molecule has 2 rings (SSSR count). The number of nitrogens with one attached hydrogen (secondary N) is 1. The van der Waals surface area contributed by atoms with Crippen LogP contribution in [0.25, 0.3) is 0 Å². The summed E-state index contributed by atoms with van der Waals surface area (Å²) >= 11 is 0.